The van der Waals surface area contributed by atoms with Crippen molar-refractivity contribution in [3.8, 4) is 0 Å². The van der Waals surface area contributed by atoms with Gasteiger partial charge in [0.2, 0.25) is 0 Å². The van der Waals surface area contributed by atoms with Crippen LogP contribution in [0.5, 0.6) is 0 Å². The van der Waals surface area contributed by atoms with Crippen LogP contribution in [-0.2, 0) is 0 Å². The minimum absolute atomic E-state index is 0.856. The summed E-state index contributed by atoms with van der Waals surface area (Å²) in [6.45, 7) is 2.46. The van der Waals surface area contributed by atoms with Crippen LogP contribution in [0.15, 0.2) is 28.7 Å². The Hall–Kier alpha value is -0.340. The Morgan fingerprint density at radius 3 is 2.31 bits per heavy atom. The fraction of sp³-hybridized carbons (Fsp3) is 0.455. The molecule has 68 valence electrons. The van der Waals surface area contributed by atoms with Gasteiger partial charge in [-0.3, -0.25) is 0 Å². The lowest BCUT2D eigenvalue weighted by molar-refractivity contribution is 0.684. The van der Waals surface area contributed by atoms with E-state index >= 15 is 0 Å². The minimum atomic E-state index is 0.856. The molecular formula is C11H12BrN. The zero-order valence-corrected chi connectivity index (χ0v) is 8.92. The molecule has 1 N–H and O–H groups in total. The first kappa shape index (κ1) is 8.01. The van der Waals surface area contributed by atoms with Crippen LogP contribution in [0.2, 0.25) is 0 Å². The Kier molecular flexibility index (Phi) is 1.74. The first-order valence-electron chi connectivity index (χ1n) is 4.82. The van der Waals surface area contributed by atoms with Crippen molar-refractivity contribution in [3.63, 3.8) is 0 Å². The lowest BCUT2D eigenvalue weighted by atomic mass is 10.1. The zero-order chi connectivity index (χ0) is 8.84. The van der Waals surface area contributed by atoms with E-state index in [-0.39, 0.29) is 0 Å². The molecule has 13 heavy (non-hydrogen) atoms. The molecule has 1 aliphatic carbocycles. The monoisotopic (exact) mass is 237 g/mol. The van der Waals surface area contributed by atoms with Gasteiger partial charge in [-0.1, -0.05) is 28.1 Å². The highest BCUT2D eigenvalue weighted by molar-refractivity contribution is 9.10. The molecule has 2 atom stereocenters. The van der Waals surface area contributed by atoms with Crippen molar-refractivity contribution in [2.24, 2.45) is 11.8 Å². The number of piperidine rings is 1. The molecule has 1 aromatic rings. The van der Waals surface area contributed by atoms with E-state index in [1.807, 2.05) is 0 Å². The van der Waals surface area contributed by atoms with Crippen molar-refractivity contribution in [3.05, 3.63) is 34.3 Å². The van der Waals surface area contributed by atoms with E-state index in [2.05, 4.69) is 45.5 Å². The zero-order valence-electron chi connectivity index (χ0n) is 7.33. The third kappa shape index (κ3) is 1.24. The standard InChI is InChI=1S/C11H12BrN/c12-8-3-1-7(2-4-8)11-9-5-13-6-10(9)11/h1-4,9-11,13H,5-6H2. The fourth-order valence-electron chi connectivity index (χ4n) is 2.60. The summed E-state index contributed by atoms with van der Waals surface area (Å²) in [5, 5.41) is 3.42. The van der Waals surface area contributed by atoms with Crippen LogP contribution in [0.3, 0.4) is 0 Å². The highest BCUT2D eigenvalue weighted by Gasteiger charge is 2.53. The molecule has 0 spiro atoms. The summed E-state index contributed by atoms with van der Waals surface area (Å²) in [6.07, 6.45) is 0. The molecule has 0 radical (unpaired) electrons. The maximum absolute atomic E-state index is 3.46. The van der Waals surface area contributed by atoms with Crippen molar-refractivity contribution in [2.75, 3.05) is 13.1 Å². The maximum atomic E-state index is 3.46. The van der Waals surface area contributed by atoms with Crippen molar-refractivity contribution in [1.29, 1.82) is 0 Å². The molecule has 3 rings (SSSR count). The highest BCUT2D eigenvalue weighted by Crippen LogP contribution is 2.55. The number of halogens is 1. The van der Waals surface area contributed by atoms with Crippen molar-refractivity contribution >= 4 is 15.9 Å². The number of fused-ring (bicyclic) bond motifs is 1. The lowest BCUT2D eigenvalue weighted by Crippen LogP contribution is -2.13. The quantitative estimate of drug-likeness (QED) is 0.792. The van der Waals surface area contributed by atoms with Gasteiger partial charge in [0.05, 0.1) is 0 Å². The van der Waals surface area contributed by atoms with Crippen LogP contribution < -0.4 is 5.32 Å². The highest BCUT2D eigenvalue weighted by atomic mass is 79.9. The average Bonchev–Trinajstić information content (AvgIpc) is 2.63. The topological polar surface area (TPSA) is 12.0 Å². The normalized spacial score (nSPS) is 35.9. The molecule has 1 aliphatic heterocycles. The summed E-state index contributed by atoms with van der Waals surface area (Å²) in [7, 11) is 0. The predicted molar refractivity (Wildman–Crippen MR) is 56.7 cm³/mol. The molecule has 2 unspecified atom stereocenters. The first-order chi connectivity index (χ1) is 6.36. The lowest BCUT2D eigenvalue weighted by Gasteiger charge is -2.04. The second-order valence-corrected chi connectivity index (χ2v) is 4.98. The second-order valence-electron chi connectivity index (χ2n) is 4.06. The van der Waals surface area contributed by atoms with Crippen LogP contribution in [0, 0.1) is 11.8 Å². The molecule has 2 heteroatoms. The summed E-state index contributed by atoms with van der Waals surface area (Å²) in [4.78, 5) is 0. The number of nitrogens with one attached hydrogen (secondary N) is 1. The molecule has 0 aromatic heterocycles. The minimum Gasteiger partial charge on any atom is -0.316 e. The van der Waals surface area contributed by atoms with Crippen LogP contribution in [0.4, 0.5) is 0 Å². The molecule has 1 heterocycles. The van der Waals surface area contributed by atoms with Crippen molar-refractivity contribution in [1.82, 2.24) is 5.32 Å². The Bertz CT molecular complexity index is 309. The average molecular weight is 238 g/mol. The number of hydrogen-bond acceptors (Lipinski definition) is 1. The molecular weight excluding hydrogens is 226 g/mol. The predicted octanol–water partition coefficient (Wildman–Crippen LogP) is 2.38. The van der Waals surface area contributed by atoms with E-state index in [0.717, 1.165) is 17.8 Å². The molecule has 1 nitrogen and oxygen atoms in total. The Labute approximate surface area is 86.7 Å². The van der Waals surface area contributed by atoms with E-state index in [0.29, 0.717) is 0 Å². The van der Waals surface area contributed by atoms with Gasteiger partial charge in [0.1, 0.15) is 0 Å². The third-order valence-corrected chi connectivity index (χ3v) is 3.88. The van der Waals surface area contributed by atoms with E-state index < -0.39 is 0 Å². The van der Waals surface area contributed by atoms with Crippen LogP contribution >= 0.6 is 15.9 Å². The van der Waals surface area contributed by atoms with Gasteiger partial charge >= 0.3 is 0 Å². The van der Waals surface area contributed by atoms with E-state index in [1.165, 1.54) is 23.1 Å². The third-order valence-electron chi connectivity index (χ3n) is 3.35. The van der Waals surface area contributed by atoms with Crippen molar-refractivity contribution < 1.29 is 0 Å². The first-order valence-corrected chi connectivity index (χ1v) is 5.62. The van der Waals surface area contributed by atoms with Gasteiger partial charge in [-0.25, -0.2) is 0 Å². The fourth-order valence-corrected chi connectivity index (χ4v) is 2.86. The molecule has 1 aromatic carbocycles. The SMILES string of the molecule is Brc1ccc(C2C3CNCC32)cc1. The van der Waals surface area contributed by atoms with Crippen LogP contribution in [-0.4, -0.2) is 13.1 Å². The van der Waals surface area contributed by atoms with Crippen LogP contribution in [0.25, 0.3) is 0 Å². The van der Waals surface area contributed by atoms with Gasteiger partial charge in [0.15, 0.2) is 0 Å². The Morgan fingerprint density at radius 2 is 1.69 bits per heavy atom. The summed E-state index contributed by atoms with van der Waals surface area (Å²) in [5.41, 5.74) is 1.53. The summed E-state index contributed by atoms with van der Waals surface area (Å²) in [5.74, 6) is 2.72. The van der Waals surface area contributed by atoms with E-state index in [4.69, 9.17) is 0 Å². The maximum Gasteiger partial charge on any atom is 0.0175 e. The van der Waals surface area contributed by atoms with Gasteiger partial charge < -0.3 is 5.32 Å². The van der Waals surface area contributed by atoms with Gasteiger partial charge in [-0.05, 0) is 48.5 Å². The molecule has 2 fully saturated rings. The van der Waals surface area contributed by atoms with Crippen LogP contribution in [0.1, 0.15) is 11.5 Å². The Morgan fingerprint density at radius 1 is 1.08 bits per heavy atom. The summed E-state index contributed by atoms with van der Waals surface area (Å²) < 4.78 is 1.18. The number of rotatable bonds is 1. The van der Waals surface area contributed by atoms with Gasteiger partial charge in [0, 0.05) is 4.47 Å². The van der Waals surface area contributed by atoms with E-state index in [9.17, 15) is 0 Å². The molecule has 0 bridgehead atoms. The Balaban J connectivity index is 1.83. The van der Waals surface area contributed by atoms with E-state index in [1.54, 1.807) is 0 Å². The van der Waals surface area contributed by atoms with Gasteiger partial charge in [-0.15, -0.1) is 0 Å². The largest absolute Gasteiger partial charge is 0.316 e. The van der Waals surface area contributed by atoms with Crippen molar-refractivity contribution in [2.45, 2.75) is 5.92 Å². The molecule has 2 aliphatic rings. The molecule has 1 saturated carbocycles. The smallest absolute Gasteiger partial charge is 0.0175 e. The summed E-state index contributed by atoms with van der Waals surface area (Å²) in [6, 6.07) is 8.81. The summed E-state index contributed by atoms with van der Waals surface area (Å²) >= 11 is 3.46. The van der Waals surface area contributed by atoms with Gasteiger partial charge in [-0.2, -0.15) is 0 Å². The molecule has 1 saturated heterocycles. The second kappa shape index (κ2) is 2.82. The molecule has 0 amide bonds. The van der Waals surface area contributed by atoms with Gasteiger partial charge in [0.25, 0.3) is 0 Å². The number of benzene rings is 1. The number of hydrogen-bond donors (Lipinski definition) is 1.